The number of aromatic nitrogens is 2. The van der Waals surface area contributed by atoms with E-state index in [4.69, 9.17) is 4.98 Å². The average molecular weight is 396 g/mol. The minimum Gasteiger partial charge on any atom is -0.326 e. The van der Waals surface area contributed by atoms with Crippen molar-refractivity contribution in [3.05, 3.63) is 78.5 Å². The van der Waals surface area contributed by atoms with E-state index in [1.807, 2.05) is 53.5 Å². The summed E-state index contributed by atoms with van der Waals surface area (Å²) >= 11 is 0. The maximum atomic E-state index is 11.2. The van der Waals surface area contributed by atoms with Crippen LogP contribution in [0.3, 0.4) is 0 Å². The van der Waals surface area contributed by atoms with Gasteiger partial charge >= 0.3 is 0 Å². The first-order valence-corrected chi connectivity index (χ1v) is 9.68. The van der Waals surface area contributed by atoms with Gasteiger partial charge in [-0.1, -0.05) is 24.3 Å². The fraction of sp³-hybridized carbons (Fsp3) is 0.0870. The molecule has 0 radical (unpaired) electrons. The molecule has 2 aromatic carbocycles. The van der Waals surface area contributed by atoms with Gasteiger partial charge in [0.25, 0.3) is 0 Å². The molecule has 2 aromatic heterocycles. The number of hydrogen-bond acceptors (Lipinski definition) is 6. The Hall–Kier alpha value is -3.97. The van der Waals surface area contributed by atoms with Crippen molar-refractivity contribution < 1.29 is 4.79 Å². The molecule has 0 spiro atoms. The third kappa shape index (κ3) is 3.54. The lowest BCUT2D eigenvalue weighted by atomic mass is 10.1. The molecule has 0 bridgehead atoms. The molecule has 4 aromatic rings. The van der Waals surface area contributed by atoms with Crippen molar-refractivity contribution in [1.29, 1.82) is 0 Å². The summed E-state index contributed by atoms with van der Waals surface area (Å²) in [5.74, 6) is 0.750. The Balaban J connectivity index is 1.40. The molecule has 7 heteroatoms. The molecule has 3 N–H and O–H groups in total. The molecule has 5 rings (SSSR count). The van der Waals surface area contributed by atoms with Crippen molar-refractivity contribution in [3.8, 4) is 11.3 Å². The second kappa shape index (κ2) is 7.46. The highest BCUT2D eigenvalue weighted by atomic mass is 16.1. The molecule has 1 aliphatic heterocycles. The fourth-order valence-corrected chi connectivity index (χ4v) is 3.54. The summed E-state index contributed by atoms with van der Waals surface area (Å²) < 4.78 is 0. The van der Waals surface area contributed by atoms with Crippen LogP contribution in [-0.2, 0) is 11.3 Å². The molecular formula is C23H20N6O. The molecule has 3 heterocycles. The third-order valence-corrected chi connectivity index (χ3v) is 4.97. The zero-order valence-corrected chi connectivity index (χ0v) is 16.4. The van der Waals surface area contributed by atoms with Crippen molar-refractivity contribution in [2.45, 2.75) is 13.5 Å². The van der Waals surface area contributed by atoms with Crippen LogP contribution in [0.15, 0.2) is 72.9 Å². The normalized spacial score (nSPS) is 12.5. The molecule has 148 valence electrons. The van der Waals surface area contributed by atoms with E-state index in [9.17, 15) is 4.79 Å². The van der Waals surface area contributed by atoms with Crippen LogP contribution in [0.25, 0.3) is 22.2 Å². The third-order valence-electron chi connectivity index (χ3n) is 4.97. The molecule has 1 aliphatic rings. The predicted octanol–water partition coefficient (Wildman–Crippen LogP) is 4.11. The van der Waals surface area contributed by atoms with E-state index in [2.05, 4.69) is 39.5 Å². The smallest absolute Gasteiger partial charge is 0.221 e. The van der Waals surface area contributed by atoms with Crippen molar-refractivity contribution in [2.24, 2.45) is 0 Å². The fourth-order valence-electron chi connectivity index (χ4n) is 3.54. The second-order valence-corrected chi connectivity index (χ2v) is 7.18. The largest absolute Gasteiger partial charge is 0.326 e. The van der Waals surface area contributed by atoms with E-state index in [1.54, 1.807) is 6.20 Å². The Labute approximate surface area is 173 Å². The second-order valence-electron chi connectivity index (χ2n) is 7.18. The molecule has 0 atom stereocenters. The molecular weight excluding hydrogens is 376 g/mol. The molecule has 7 nitrogen and oxygen atoms in total. The van der Waals surface area contributed by atoms with Gasteiger partial charge in [0.1, 0.15) is 0 Å². The van der Waals surface area contributed by atoms with Gasteiger partial charge in [-0.15, -0.1) is 5.53 Å². The Kier molecular flexibility index (Phi) is 4.49. The first kappa shape index (κ1) is 18.1. The first-order valence-electron chi connectivity index (χ1n) is 9.68. The van der Waals surface area contributed by atoms with Crippen molar-refractivity contribution in [3.63, 3.8) is 0 Å². The number of nitrogens with one attached hydrogen (secondary N) is 3. The Morgan fingerprint density at radius 3 is 2.77 bits per heavy atom. The van der Waals surface area contributed by atoms with Gasteiger partial charge in [-0.3, -0.25) is 14.8 Å². The highest BCUT2D eigenvalue weighted by Crippen LogP contribution is 2.31. The minimum absolute atomic E-state index is 0.0873. The van der Waals surface area contributed by atoms with E-state index in [0.29, 0.717) is 6.54 Å². The van der Waals surface area contributed by atoms with Crippen LogP contribution >= 0.6 is 0 Å². The average Bonchev–Trinajstić information content (AvgIpc) is 3.16. The van der Waals surface area contributed by atoms with Crippen LogP contribution in [0.5, 0.6) is 0 Å². The van der Waals surface area contributed by atoms with Crippen LogP contribution in [0.1, 0.15) is 12.5 Å². The van der Waals surface area contributed by atoms with Gasteiger partial charge in [0.2, 0.25) is 5.91 Å². The Morgan fingerprint density at radius 2 is 1.93 bits per heavy atom. The van der Waals surface area contributed by atoms with Gasteiger partial charge in [0.15, 0.2) is 5.82 Å². The topological polar surface area (TPSA) is 82.2 Å². The first-order chi connectivity index (χ1) is 14.7. The molecule has 0 saturated heterocycles. The summed E-state index contributed by atoms with van der Waals surface area (Å²) in [6.45, 7) is 2.15. The van der Waals surface area contributed by atoms with Crippen LogP contribution < -0.4 is 21.3 Å². The van der Waals surface area contributed by atoms with E-state index in [-0.39, 0.29) is 5.91 Å². The number of fused-ring (bicyclic) bond motifs is 2. The monoisotopic (exact) mass is 396 g/mol. The van der Waals surface area contributed by atoms with Crippen molar-refractivity contribution in [1.82, 2.24) is 15.5 Å². The van der Waals surface area contributed by atoms with Gasteiger partial charge in [-0.2, -0.15) is 0 Å². The highest BCUT2D eigenvalue weighted by molar-refractivity contribution is 5.89. The van der Waals surface area contributed by atoms with Crippen LogP contribution in [-0.4, -0.2) is 15.9 Å². The zero-order chi connectivity index (χ0) is 20.5. The standard InChI is InChI=1S/C23H20N6O/c1-15(30)25-19-7-5-17(6-8-19)21-10-11-22-23(26-21)29(28-27-22)14-16-4-9-20-18(13-16)3-2-12-24-20/h2-13,27-28H,14H2,1H3,(H,25,30). The summed E-state index contributed by atoms with van der Waals surface area (Å²) in [7, 11) is 0. The molecule has 0 saturated carbocycles. The van der Waals surface area contributed by atoms with Gasteiger partial charge in [-0.25, -0.2) is 4.98 Å². The molecule has 0 fully saturated rings. The lowest BCUT2D eigenvalue weighted by Crippen LogP contribution is -2.35. The Morgan fingerprint density at radius 1 is 1.07 bits per heavy atom. The number of rotatable bonds is 4. The van der Waals surface area contributed by atoms with Gasteiger partial charge in [0.05, 0.1) is 23.4 Å². The molecule has 0 aliphatic carbocycles. The van der Waals surface area contributed by atoms with Crippen LogP contribution in [0.2, 0.25) is 0 Å². The molecule has 1 amide bonds. The number of amides is 1. The van der Waals surface area contributed by atoms with Crippen LogP contribution in [0.4, 0.5) is 17.2 Å². The lowest BCUT2D eigenvalue weighted by molar-refractivity contribution is -0.114. The number of pyridine rings is 2. The molecule has 30 heavy (non-hydrogen) atoms. The maximum absolute atomic E-state index is 11.2. The summed E-state index contributed by atoms with van der Waals surface area (Å²) in [5.41, 5.74) is 12.0. The summed E-state index contributed by atoms with van der Waals surface area (Å²) in [4.78, 5) is 20.4. The van der Waals surface area contributed by atoms with Gasteiger partial charge < -0.3 is 10.7 Å². The number of hydrazine groups is 2. The Bertz CT molecular complexity index is 1240. The summed E-state index contributed by atoms with van der Waals surface area (Å²) in [6, 6.07) is 21.9. The number of nitrogens with zero attached hydrogens (tertiary/aromatic N) is 3. The predicted molar refractivity (Wildman–Crippen MR) is 119 cm³/mol. The lowest BCUT2D eigenvalue weighted by Gasteiger charge is -2.17. The highest BCUT2D eigenvalue weighted by Gasteiger charge is 2.21. The van der Waals surface area contributed by atoms with E-state index < -0.39 is 0 Å². The van der Waals surface area contributed by atoms with Crippen molar-refractivity contribution >= 4 is 34.0 Å². The maximum Gasteiger partial charge on any atom is 0.221 e. The minimum atomic E-state index is -0.0873. The number of benzene rings is 2. The van der Waals surface area contributed by atoms with Gasteiger partial charge in [0, 0.05) is 29.8 Å². The number of carbonyl (C=O) groups excluding carboxylic acids is 1. The number of hydrogen-bond donors (Lipinski definition) is 3. The summed E-state index contributed by atoms with van der Waals surface area (Å²) in [6.07, 6.45) is 1.80. The quantitative estimate of drug-likeness (QED) is 0.482. The van der Waals surface area contributed by atoms with E-state index in [0.717, 1.165) is 44.9 Å². The van der Waals surface area contributed by atoms with Crippen molar-refractivity contribution in [2.75, 3.05) is 15.8 Å². The number of carbonyl (C=O) groups is 1. The van der Waals surface area contributed by atoms with Crippen LogP contribution in [0, 0.1) is 0 Å². The van der Waals surface area contributed by atoms with Gasteiger partial charge in [-0.05, 0) is 48.0 Å². The molecule has 0 unspecified atom stereocenters. The number of anilines is 3. The van der Waals surface area contributed by atoms with E-state index >= 15 is 0 Å². The summed E-state index contributed by atoms with van der Waals surface area (Å²) in [5, 5.41) is 5.88. The zero-order valence-electron chi connectivity index (χ0n) is 16.4. The van der Waals surface area contributed by atoms with E-state index in [1.165, 1.54) is 6.92 Å². The SMILES string of the molecule is CC(=O)Nc1ccc(-c2ccc3c(n2)N(Cc2ccc4ncccc4c2)NN3)cc1.